The molecule has 0 unspecified atom stereocenters. The first kappa shape index (κ1) is 17.0. The maximum atomic E-state index is 12.1. The number of hydroxylamine groups is 1. The minimum absolute atomic E-state index is 0.243. The molecule has 23 heavy (non-hydrogen) atoms. The summed E-state index contributed by atoms with van der Waals surface area (Å²) in [5.41, 5.74) is 4.65. The molecule has 6 nitrogen and oxygen atoms in total. The Morgan fingerprint density at radius 3 is 2.48 bits per heavy atom. The fourth-order valence-corrected chi connectivity index (χ4v) is 2.51. The first-order valence-corrected chi connectivity index (χ1v) is 8.79. The molecule has 2 rings (SSSR count). The van der Waals surface area contributed by atoms with Gasteiger partial charge in [-0.3, -0.25) is 14.4 Å². The Labute approximate surface area is 135 Å². The molecule has 0 aromatic heterocycles. The number of hydrogen-bond donors (Lipinski definition) is 2. The monoisotopic (exact) mass is 334 g/mol. The molecular weight excluding hydrogens is 316 g/mol. The number of benzene rings is 2. The number of carbonyl (C=O) groups excluding carboxylic acids is 1. The van der Waals surface area contributed by atoms with Gasteiger partial charge in [0.2, 0.25) is 10.0 Å². The van der Waals surface area contributed by atoms with Gasteiger partial charge in [-0.2, -0.15) is 0 Å². The zero-order valence-electron chi connectivity index (χ0n) is 12.9. The van der Waals surface area contributed by atoms with Crippen molar-refractivity contribution in [3.63, 3.8) is 0 Å². The number of hydrogen-bond acceptors (Lipinski definition) is 4. The van der Waals surface area contributed by atoms with E-state index in [-0.39, 0.29) is 6.61 Å². The van der Waals surface area contributed by atoms with E-state index in [1.54, 1.807) is 19.1 Å². The van der Waals surface area contributed by atoms with Crippen LogP contribution in [0.5, 0.6) is 0 Å². The van der Waals surface area contributed by atoms with E-state index in [2.05, 4.69) is 10.2 Å². The van der Waals surface area contributed by atoms with E-state index < -0.39 is 15.9 Å². The van der Waals surface area contributed by atoms with Crippen LogP contribution in [0.25, 0.3) is 0 Å². The summed E-state index contributed by atoms with van der Waals surface area (Å²) in [6.45, 7) is 1.99. The van der Waals surface area contributed by atoms with E-state index >= 15 is 0 Å². The first-order valence-electron chi connectivity index (χ1n) is 6.89. The van der Waals surface area contributed by atoms with E-state index in [1.165, 1.54) is 6.07 Å². The van der Waals surface area contributed by atoms with Crippen LogP contribution in [0.4, 0.5) is 5.69 Å². The Balaban J connectivity index is 2.00. The third-order valence-corrected chi connectivity index (χ3v) is 3.63. The third kappa shape index (κ3) is 5.39. The highest BCUT2D eigenvalue weighted by atomic mass is 32.2. The van der Waals surface area contributed by atoms with Crippen molar-refractivity contribution in [2.24, 2.45) is 0 Å². The lowest BCUT2D eigenvalue weighted by Crippen LogP contribution is -2.24. The van der Waals surface area contributed by atoms with Gasteiger partial charge in [0.05, 0.1) is 18.6 Å². The summed E-state index contributed by atoms with van der Waals surface area (Å²) in [6, 6.07) is 14.2. The van der Waals surface area contributed by atoms with Gasteiger partial charge in [-0.1, -0.05) is 36.4 Å². The predicted octanol–water partition coefficient (Wildman–Crippen LogP) is 2.23. The normalized spacial score (nSPS) is 11.0. The Bertz CT molecular complexity index is 789. The average molecular weight is 334 g/mol. The maximum absolute atomic E-state index is 12.1. The summed E-state index contributed by atoms with van der Waals surface area (Å²) >= 11 is 0. The van der Waals surface area contributed by atoms with Gasteiger partial charge in [0.25, 0.3) is 5.91 Å². The molecule has 0 heterocycles. The van der Waals surface area contributed by atoms with Gasteiger partial charge in [-0.15, -0.1) is 0 Å². The predicted molar refractivity (Wildman–Crippen MR) is 88.3 cm³/mol. The topological polar surface area (TPSA) is 84.5 Å². The van der Waals surface area contributed by atoms with Crippen LogP contribution in [0.1, 0.15) is 21.5 Å². The second-order valence-electron chi connectivity index (χ2n) is 5.11. The SMILES string of the molecule is Cc1ccc(C(=O)NOCc2ccccc2)cc1NS(C)(=O)=O. The molecular formula is C16H18N2O4S. The van der Waals surface area contributed by atoms with Crippen molar-refractivity contribution in [1.82, 2.24) is 5.48 Å². The van der Waals surface area contributed by atoms with Crippen LogP contribution in [0, 0.1) is 6.92 Å². The van der Waals surface area contributed by atoms with E-state index in [1.807, 2.05) is 30.3 Å². The van der Waals surface area contributed by atoms with Gasteiger partial charge < -0.3 is 0 Å². The van der Waals surface area contributed by atoms with Crippen LogP contribution >= 0.6 is 0 Å². The van der Waals surface area contributed by atoms with Crippen LogP contribution in [0.3, 0.4) is 0 Å². The number of sulfonamides is 1. The van der Waals surface area contributed by atoms with Crippen molar-refractivity contribution < 1.29 is 18.0 Å². The molecule has 0 bridgehead atoms. The van der Waals surface area contributed by atoms with Gasteiger partial charge in [-0.25, -0.2) is 13.9 Å². The van der Waals surface area contributed by atoms with Crippen molar-refractivity contribution in [1.29, 1.82) is 0 Å². The highest BCUT2D eigenvalue weighted by Gasteiger charge is 2.11. The summed E-state index contributed by atoms with van der Waals surface area (Å²) in [7, 11) is -3.41. The van der Waals surface area contributed by atoms with Crippen molar-refractivity contribution >= 4 is 21.6 Å². The minimum Gasteiger partial charge on any atom is -0.283 e. The Morgan fingerprint density at radius 2 is 1.83 bits per heavy atom. The zero-order chi connectivity index (χ0) is 16.9. The number of rotatable bonds is 6. The average Bonchev–Trinajstić information content (AvgIpc) is 2.49. The molecule has 0 saturated carbocycles. The molecule has 2 N–H and O–H groups in total. The van der Waals surface area contributed by atoms with Crippen molar-refractivity contribution in [2.75, 3.05) is 11.0 Å². The van der Waals surface area contributed by atoms with Gasteiger partial charge in [0.1, 0.15) is 0 Å². The molecule has 0 aliphatic heterocycles. The third-order valence-electron chi connectivity index (χ3n) is 3.04. The number of amides is 1. The summed E-state index contributed by atoms with van der Waals surface area (Å²) in [6.07, 6.45) is 1.06. The number of anilines is 1. The molecule has 0 saturated heterocycles. The highest BCUT2D eigenvalue weighted by molar-refractivity contribution is 7.92. The van der Waals surface area contributed by atoms with Crippen LogP contribution in [-0.4, -0.2) is 20.6 Å². The summed E-state index contributed by atoms with van der Waals surface area (Å²) < 4.78 is 25.0. The largest absolute Gasteiger partial charge is 0.283 e. The molecule has 0 aliphatic carbocycles. The number of carbonyl (C=O) groups is 1. The van der Waals surface area contributed by atoms with Crippen LogP contribution < -0.4 is 10.2 Å². The molecule has 0 aliphatic rings. The van der Waals surface area contributed by atoms with Crippen molar-refractivity contribution in [3.8, 4) is 0 Å². The summed E-state index contributed by atoms with van der Waals surface area (Å²) in [4.78, 5) is 17.2. The van der Waals surface area contributed by atoms with Gasteiger partial charge >= 0.3 is 0 Å². The molecule has 122 valence electrons. The standard InChI is InChI=1S/C16H18N2O4S/c1-12-8-9-14(10-15(12)18-23(2,20)21)16(19)17-22-11-13-6-4-3-5-7-13/h3-10,18H,11H2,1-2H3,(H,17,19). The molecule has 7 heteroatoms. The molecule has 2 aromatic carbocycles. The van der Waals surface area contributed by atoms with E-state index in [0.29, 0.717) is 11.3 Å². The van der Waals surface area contributed by atoms with Crippen molar-refractivity contribution in [2.45, 2.75) is 13.5 Å². The van der Waals surface area contributed by atoms with E-state index in [4.69, 9.17) is 4.84 Å². The molecule has 0 atom stereocenters. The van der Waals surface area contributed by atoms with Crippen LogP contribution in [0.15, 0.2) is 48.5 Å². The Kier molecular flexibility index (Phi) is 5.36. The van der Waals surface area contributed by atoms with Crippen LogP contribution in [0.2, 0.25) is 0 Å². The second-order valence-corrected chi connectivity index (χ2v) is 6.86. The molecule has 0 radical (unpaired) electrons. The van der Waals surface area contributed by atoms with Crippen LogP contribution in [-0.2, 0) is 21.5 Å². The lowest BCUT2D eigenvalue weighted by molar-refractivity contribution is 0.0233. The molecule has 1 amide bonds. The Hall–Kier alpha value is -2.38. The van der Waals surface area contributed by atoms with Crippen molar-refractivity contribution in [3.05, 3.63) is 65.2 Å². The lowest BCUT2D eigenvalue weighted by atomic mass is 10.1. The van der Waals surface area contributed by atoms with E-state index in [0.717, 1.165) is 17.4 Å². The quantitative estimate of drug-likeness (QED) is 0.794. The van der Waals surface area contributed by atoms with Gasteiger partial charge in [-0.05, 0) is 30.2 Å². The summed E-state index contributed by atoms with van der Waals surface area (Å²) in [5, 5.41) is 0. The summed E-state index contributed by atoms with van der Waals surface area (Å²) in [5.74, 6) is -0.447. The minimum atomic E-state index is -3.41. The van der Waals surface area contributed by atoms with Gasteiger partial charge in [0, 0.05) is 5.56 Å². The lowest BCUT2D eigenvalue weighted by Gasteiger charge is -2.10. The second kappa shape index (κ2) is 7.26. The first-order chi connectivity index (χ1) is 10.8. The maximum Gasteiger partial charge on any atom is 0.274 e. The molecule has 0 fully saturated rings. The highest BCUT2D eigenvalue weighted by Crippen LogP contribution is 2.18. The molecule has 2 aromatic rings. The zero-order valence-corrected chi connectivity index (χ0v) is 13.7. The number of aryl methyl sites for hydroxylation is 1. The fraction of sp³-hybridized carbons (Fsp3) is 0.188. The number of nitrogens with one attached hydrogen (secondary N) is 2. The fourth-order valence-electron chi connectivity index (χ4n) is 1.89. The van der Waals surface area contributed by atoms with Gasteiger partial charge in [0.15, 0.2) is 0 Å². The van der Waals surface area contributed by atoms with E-state index in [9.17, 15) is 13.2 Å². The smallest absolute Gasteiger partial charge is 0.274 e. The Morgan fingerprint density at radius 1 is 1.13 bits per heavy atom. The molecule has 0 spiro atoms.